The maximum absolute atomic E-state index is 12.3. The van der Waals surface area contributed by atoms with Crippen LogP contribution in [0.4, 0.5) is 11.4 Å². The zero-order chi connectivity index (χ0) is 15.0. The highest BCUT2D eigenvalue weighted by molar-refractivity contribution is 7.89. The fourth-order valence-electron chi connectivity index (χ4n) is 2.51. The molecule has 110 valence electrons. The lowest BCUT2D eigenvalue weighted by atomic mass is 10.0. The summed E-state index contributed by atoms with van der Waals surface area (Å²) in [5.74, 6) is 0. The van der Waals surface area contributed by atoms with Crippen LogP contribution in [0, 0.1) is 10.1 Å². The first kappa shape index (κ1) is 14.7. The molecule has 8 heteroatoms. The highest BCUT2D eigenvalue weighted by Crippen LogP contribution is 2.31. The first-order valence-corrected chi connectivity index (χ1v) is 7.80. The van der Waals surface area contributed by atoms with Crippen LogP contribution in [0.3, 0.4) is 0 Å². The normalized spacial score (nSPS) is 18.1. The van der Waals surface area contributed by atoms with E-state index in [9.17, 15) is 18.5 Å². The van der Waals surface area contributed by atoms with Crippen LogP contribution in [0.1, 0.15) is 32.6 Å². The zero-order valence-corrected chi connectivity index (χ0v) is 11.9. The summed E-state index contributed by atoms with van der Waals surface area (Å²) in [5, 5.41) is 10.7. The number of nitrogens with zero attached hydrogens (tertiary/aromatic N) is 1. The smallest absolute Gasteiger partial charge is 0.292 e. The van der Waals surface area contributed by atoms with E-state index in [4.69, 9.17) is 5.73 Å². The topological polar surface area (TPSA) is 115 Å². The van der Waals surface area contributed by atoms with Crippen LogP contribution in [-0.2, 0) is 10.0 Å². The standard InChI is InChI=1S/C12H17N3O4S/c1-12(6-2-3-7-12)14-20(18,19)9-4-5-11(15(16)17)10(13)8-9/h4-5,8,14H,2-3,6-7,13H2,1H3. The number of nitrogens with two attached hydrogens (primary N) is 1. The summed E-state index contributed by atoms with van der Waals surface area (Å²) in [6.45, 7) is 1.87. The summed E-state index contributed by atoms with van der Waals surface area (Å²) in [4.78, 5) is 9.98. The van der Waals surface area contributed by atoms with Crippen molar-refractivity contribution in [1.82, 2.24) is 4.72 Å². The van der Waals surface area contributed by atoms with E-state index in [0.29, 0.717) is 0 Å². The summed E-state index contributed by atoms with van der Waals surface area (Å²) in [6, 6.07) is 3.44. The zero-order valence-electron chi connectivity index (χ0n) is 11.1. The Hall–Kier alpha value is -1.67. The number of nitrogens with one attached hydrogen (secondary N) is 1. The number of nitrogen functional groups attached to an aromatic ring is 1. The Labute approximate surface area is 117 Å². The predicted octanol–water partition coefficient (Wildman–Crippen LogP) is 1.79. The van der Waals surface area contributed by atoms with Crippen molar-refractivity contribution in [1.29, 1.82) is 0 Å². The first-order valence-electron chi connectivity index (χ1n) is 6.31. The van der Waals surface area contributed by atoms with Gasteiger partial charge in [0.2, 0.25) is 10.0 Å². The largest absolute Gasteiger partial charge is 0.393 e. The molecule has 3 N–H and O–H groups in total. The molecule has 0 aromatic heterocycles. The number of hydrogen-bond acceptors (Lipinski definition) is 5. The summed E-state index contributed by atoms with van der Waals surface area (Å²) in [6.07, 6.45) is 3.55. The van der Waals surface area contributed by atoms with Crippen molar-refractivity contribution in [2.75, 3.05) is 5.73 Å². The molecule has 1 aliphatic rings. The number of nitro groups is 1. The maximum Gasteiger partial charge on any atom is 0.292 e. The van der Waals surface area contributed by atoms with Crippen molar-refractivity contribution < 1.29 is 13.3 Å². The molecule has 0 spiro atoms. The van der Waals surface area contributed by atoms with E-state index in [2.05, 4.69) is 4.72 Å². The Kier molecular flexibility index (Phi) is 3.70. The monoisotopic (exact) mass is 299 g/mol. The fourth-order valence-corrected chi connectivity index (χ4v) is 4.01. The Morgan fingerprint density at radius 1 is 1.35 bits per heavy atom. The van der Waals surface area contributed by atoms with Crippen molar-refractivity contribution >= 4 is 21.4 Å². The van der Waals surface area contributed by atoms with E-state index in [1.165, 1.54) is 6.07 Å². The van der Waals surface area contributed by atoms with Gasteiger partial charge in [0.1, 0.15) is 5.69 Å². The van der Waals surface area contributed by atoms with E-state index in [-0.39, 0.29) is 16.3 Å². The molecule has 2 rings (SSSR count). The minimum atomic E-state index is -3.72. The molecule has 20 heavy (non-hydrogen) atoms. The SMILES string of the molecule is CC1(NS(=O)(=O)c2ccc([N+](=O)[O-])c(N)c2)CCCC1. The highest BCUT2D eigenvalue weighted by atomic mass is 32.2. The number of anilines is 1. The molecular formula is C12H17N3O4S. The second kappa shape index (κ2) is 5.02. The number of sulfonamides is 1. The van der Waals surface area contributed by atoms with Gasteiger partial charge in [0.25, 0.3) is 5.69 Å². The lowest BCUT2D eigenvalue weighted by Gasteiger charge is -2.24. The van der Waals surface area contributed by atoms with E-state index in [1.807, 2.05) is 6.92 Å². The fraction of sp³-hybridized carbons (Fsp3) is 0.500. The quantitative estimate of drug-likeness (QED) is 0.499. The van der Waals surface area contributed by atoms with Gasteiger partial charge in [-0.25, -0.2) is 13.1 Å². The third-order valence-electron chi connectivity index (χ3n) is 3.59. The molecule has 1 fully saturated rings. The third-order valence-corrected chi connectivity index (χ3v) is 5.23. The van der Waals surface area contributed by atoms with E-state index < -0.39 is 20.5 Å². The van der Waals surface area contributed by atoms with E-state index in [1.54, 1.807) is 0 Å². The average molecular weight is 299 g/mol. The van der Waals surface area contributed by atoms with E-state index >= 15 is 0 Å². The van der Waals surface area contributed by atoms with Gasteiger partial charge in [0.15, 0.2) is 0 Å². The van der Waals surface area contributed by atoms with Gasteiger partial charge in [0.05, 0.1) is 9.82 Å². The molecule has 0 bridgehead atoms. The molecule has 0 radical (unpaired) electrons. The van der Waals surface area contributed by atoms with Gasteiger partial charge in [-0.2, -0.15) is 0 Å². The van der Waals surface area contributed by atoms with Gasteiger partial charge < -0.3 is 5.73 Å². The van der Waals surface area contributed by atoms with Crippen LogP contribution in [0.25, 0.3) is 0 Å². The third kappa shape index (κ3) is 2.91. The molecule has 1 aliphatic carbocycles. The second-order valence-electron chi connectivity index (χ2n) is 5.35. The Morgan fingerprint density at radius 3 is 2.45 bits per heavy atom. The molecule has 1 saturated carbocycles. The first-order chi connectivity index (χ1) is 9.23. The van der Waals surface area contributed by atoms with Crippen LogP contribution >= 0.6 is 0 Å². The van der Waals surface area contributed by atoms with Crippen molar-refractivity contribution in [2.24, 2.45) is 0 Å². The minimum absolute atomic E-state index is 0.0475. The van der Waals surface area contributed by atoms with Crippen molar-refractivity contribution in [3.05, 3.63) is 28.3 Å². The van der Waals surface area contributed by atoms with Crippen LogP contribution in [0.2, 0.25) is 0 Å². The van der Waals surface area contributed by atoms with Crippen molar-refractivity contribution in [3.8, 4) is 0 Å². The molecule has 1 aromatic rings. The van der Waals surface area contributed by atoms with E-state index in [0.717, 1.165) is 37.8 Å². The highest BCUT2D eigenvalue weighted by Gasteiger charge is 2.33. The van der Waals surface area contributed by atoms with Gasteiger partial charge in [-0.15, -0.1) is 0 Å². The summed E-state index contributed by atoms with van der Waals surface area (Å²) in [7, 11) is -3.72. The number of benzene rings is 1. The average Bonchev–Trinajstić information content (AvgIpc) is 2.74. The minimum Gasteiger partial charge on any atom is -0.393 e. The van der Waals surface area contributed by atoms with Gasteiger partial charge in [-0.1, -0.05) is 12.8 Å². The van der Waals surface area contributed by atoms with Gasteiger partial charge in [0, 0.05) is 11.6 Å². The second-order valence-corrected chi connectivity index (χ2v) is 7.03. The van der Waals surface area contributed by atoms with Crippen LogP contribution in [0.5, 0.6) is 0 Å². The molecular weight excluding hydrogens is 282 g/mol. The molecule has 0 unspecified atom stereocenters. The summed E-state index contributed by atoms with van der Waals surface area (Å²) >= 11 is 0. The van der Waals surface area contributed by atoms with Crippen molar-refractivity contribution in [3.63, 3.8) is 0 Å². The Balaban J connectivity index is 2.30. The lowest BCUT2D eigenvalue weighted by Crippen LogP contribution is -2.43. The summed E-state index contributed by atoms with van der Waals surface area (Å²) in [5.41, 5.74) is 4.62. The Bertz CT molecular complexity index is 636. The van der Waals surface area contributed by atoms with Gasteiger partial charge >= 0.3 is 0 Å². The molecule has 0 amide bonds. The number of nitro benzene ring substituents is 1. The number of hydrogen-bond donors (Lipinski definition) is 2. The van der Waals surface area contributed by atoms with Crippen LogP contribution in [0.15, 0.2) is 23.1 Å². The van der Waals surface area contributed by atoms with Gasteiger partial charge in [-0.3, -0.25) is 10.1 Å². The van der Waals surface area contributed by atoms with Crippen molar-refractivity contribution in [2.45, 2.75) is 43.0 Å². The maximum atomic E-state index is 12.3. The molecule has 0 atom stereocenters. The molecule has 0 aliphatic heterocycles. The predicted molar refractivity (Wildman–Crippen MR) is 74.7 cm³/mol. The van der Waals surface area contributed by atoms with Crippen LogP contribution < -0.4 is 10.5 Å². The molecule has 0 heterocycles. The molecule has 7 nitrogen and oxygen atoms in total. The lowest BCUT2D eigenvalue weighted by molar-refractivity contribution is -0.383. The Morgan fingerprint density at radius 2 is 1.95 bits per heavy atom. The number of rotatable bonds is 4. The van der Waals surface area contributed by atoms with Crippen LogP contribution in [-0.4, -0.2) is 18.9 Å². The summed E-state index contributed by atoms with van der Waals surface area (Å²) < 4.78 is 27.3. The molecule has 1 aromatic carbocycles. The van der Waals surface area contributed by atoms with Gasteiger partial charge in [-0.05, 0) is 31.9 Å². The molecule has 0 saturated heterocycles.